The highest BCUT2D eigenvalue weighted by Gasteiger charge is 2.40. The molecule has 0 radical (unpaired) electrons. The summed E-state index contributed by atoms with van der Waals surface area (Å²) >= 11 is 0. The molecule has 2 aliphatic rings. The van der Waals surface area contributed by atoms with Crippen LogP contribution in [0.3, 0.4) is 0 Å². The molecule has 2 amide bonds. The van der Waals surface area contributed by atoms with E-state index in [9.17, 15) is 9.59 Å². The van der Waals surface area contributed by atoms with Gasteiger partial charge in [-0.2, -0.15) is 0 Å². The quantitative estimate of drug-likeness (QED) is 0.705. The Morgan fingerprint density at radius 1 is 1.16 bits per heavy atom. The number of rotatable bonds is 4. The van der Waals surface area contributed by atoms with E-state index in [-0.39, 0.29) is 42.6 Å². The van der Waals surface area contributed by atoms with Crippen LogP contribution in [0.1, 0.15) is 38.5 Å². The minimum atomic E-state index is -0.377. The van der Waals surface area contributed by atoms with Crippen molar-refractivity contribution in [2.45, 2.75) is 44.6 Å². The molecule has 2 rings (SSSR count). The molecule has 5 N–H and O–H groups in total. The average Bonchev–Trinajstić information content (AvgIpc) is 2.27. The predicted molar refractivity (Wildman–Crippen MR) is 75.6 cm³/mol. The Hall–Kier alpha value is -0.810. The zero-order valence-corrected chi connectivity index (χ0v) is 12.0. The molecule has 2 atom stereocenters. The van der Waals surface area contributed by atoms with Gasteiger partial charge in [-0.15, -0.1) is 12.4 Å². The molecule has 0 aromatic rings. The van der Waals surface area contributed by atoms with Gasteiger partial charge >= 0.3 is 0 Å². The molecule has 0 aliphatic heterocycles. The highest BCUT2D eigenvalue weighted by molar-refractivity contribution is 5.85. The molecule has 2 unspecified atom stereocenters. The van der Waals surface area contributed by atoms with E-state index in [1.54, 1.807) is 0 Å². The summed E-state index contributed by atoms with van der Waals surface area (Å²) in [6.45, 7) is 0.353. The van der Waals surface area contributed by atoms with Crippen molar-refractivity contribution in [2.75, 3.05) is 6.54 Å². The van der Waals surface area contributed by atoms with E-state index >= 15 is 0 Å². The summed E-state index contributed by atoms with van der Waals surface area (Å²) in [4.78, 5) is 22.6. The Labute approximate surface area is 120 Å². The lowest BCUT2D eigenvalue weighted by Crippen LogP contribution is -2.49. The summed E-state index contributed by atoms with van der Waals surface area (Å²) in [7, 11) is 0. The number of amides is 2. The minimum absolute atomic E-state index is 0. The van der Waals surface area contributed by atoms with E-state index in [0.29, 0.717) is 18.4 Å². The van der Waals surface area contributed by atoms with E-state index < -0.39 is 0 Å². The van der Waals surface area contributed by atoms with Crippen LogP contribution < -0.4 is 16.8 Å². The lowest BCUT2D eigenvalue weighted by molar-refractivity contribution is -0.128. The van der Waals surface area contributed by atoms with E-state index in [1.807, 2.05) is 0 Å². The van der Waals surface area contributed by atoms with Crippen molar-refractivity contribution in [3.05, 3.63) is 0 Å². The number of primary amides is 1. The van der Waals surface area contributed by atoms with Gasteiger partial charge in [0.2, 0.25) is 11.8 Å². The second-order valence-corrected chi connectivity index (χ2v) is 5.70. The zero-order valence-electron chi connectivity index (χ0n) is 11.1. The molecular weight excluding hydrogens is 266 g/mol. The number of nitrogens with two attached hydrogens (primary N) is 2. The van der Waals surface area contributed by atoms with Gasteiger partial charge in [-0.05, 0) is 37.5 Å². The number of hydrogen-bond acceptors (Lipinski definition) is 3. The van der Waals surface area contributed by atoms with E-state index in [1.165, 1.54) is 6.42 Å². The third-order valence-corrected chi connectivity index (χ3v) is 4.45. The summed E-state index contributed by atoms with van der Waals surface area (Å²) in [5.41, 5.74) is 11.2. The van der Waals surface area contributed by atoms with Crippen molar-refractivity contribution in [3.63, 3.8) is 0 Å². The normalized spacial score (nSPS) is 33.1. The fourth-order valence-electron chi connectivity index (χ4n) is 3.46. The van der Waals surface area contributed by atoms with Crippen molar-refractivity contribution in [2.24, 2.45) is 29.2 Å². The molecule has 0 aromatic heterocycles. The van der Waals surface area contributed by atoms with Crippen LogP contribution in [0, 0.1) is 17.8 Å². The van der Waals surface area contributed by atoms with Crippen LogP contribution in [0.25, 0.3) is 0 Å². The first-order valence-corrected chi connectivity index (χ1v) is 6.89. The van der Waals surface area contributed by atoms with E-state index in [0.717, 1.165) is 25.7 Å². The Kier molecular flexibility index (Phi) is 6.07. The standard InChI is InChI=1S/C13H23N3O2.ClH/c14-11(17)4-5-16-13(18)10-6-8-2-1-3-9(7-10)12(8)15;/h8-10,12H,1-7,15H2,(H2,14,17)(H,16,18);1H. The third-order valence-electron chi connectivity index (χ3n) is 4.45. The molecule has 2 fully saturated rings. The number of fused-ring (bicyclic) bond motifs is 2. The summed E-state index contributed by atoms with van der Waals surface area (Å²) in [6.07, 6.45) is 5.58. The van der Waals surface area contributed by atoms with Gasteiger partial charge in [0.1, 0.15) is 0 Å². The average molecular weight is 290 g/mol. The van der Waals surface area contributed by atoms with Crippen LogP contribution in [0.4, 0.5) is 0 Å². The number of hydrogen-bond donors (Lipinski definition) is 3. The zero-order chi connectivity index (χ0) is 13.1. The van der Waals surface area contributed by atoms with Gasteiger partial charge in [-0.25, -0.2) is 0 Å². The minimum Gasteiger partial charge on any atom is -0.370 e. The maximum Gasteiger partial charge on any atom is 0.223 e. The molecule has 19 heavy (non-hydrogen) atoms. The first-order valence-electron chi connectivity index (χ1n) is 6.89. The molecule has 0 saturated heterocycles. The lowest BCUT2D eigenvalue weighted by atomic mass is 9.65. The van der Waals surface area contributed by atoms with Crippen LogP contribution in [-0.4, -0.2) is 24.4 Å². The first kappa shape index (κ1) is 16.2. The Bertz CT molecular complexity index is 324. The van der Waals surface area contributed by atoms with Crippen LogP contribution >= 0.6 is 12.4 Å². The van der Waals surface area contributed by atoms with Crippen molar-refractivity contribution in [1.29, 1.82) is 0 Å². The molecule has 0 spiro atoms. The van der Waals surface area contributed by atoms with Crippen LogP contribution in [0.2, 0.25) is 0 Å². The van der Waals surface area contributed by atoms with Gasteiger partial charge in [0, 0.05) is 24.9 Å². The molecule has 2 aliphatic carbocycles. The molecule has 2 bridgehead atoms. The topological polar surface area (TPSA) is 98.2 Å². The fourth-order valence-corrected chi connectivity index (χ4v) is 3.46. The highest BCUT2D eigenvalue weighted by atomic mass is 35.5. The van der Waals surface area contributed by atoms with Crippen molar-refractivity contribution < 1.29 is 9.59 Å². The number of nitrogens with one attached hydrogen (secondary N) is 1. The monoisotopic (exact) mass is 289 g/mol. The Morgan fingerprint density at radius 3 is 2.26 bits per heavy atom. The molecule has 5 nitrogen and oxygen atoms in total. The number of halogens is 1. The maximum absolute atomic E-state index is 12.0. The lowest BCUT2D eigenvalue weighted by Gasteiger charge is -2.43. The SMILES string of the molecule is Cl.NC(=O)CCNC(=O)C1CC2CCCC(C1)C2N. The second kappa shape index (κ2) is 7.10. The largest absolute Gasteiger partial charge is 0.370 e. The van der Waals surface area contributed by atoms with Crippen molar-refractivity contribution in [1.82, 2.24) is 5.32 Å². The number of carbonyl (C=O) groups excluding carboxylic acids is 2. The third kappa shape index (κ3) is 4.08. The van der Waals surface area contributed by atoms with E-state index in [4.69, 9.17) is 11.5 Å². The summed E-state index contributed by atoms with van der Waals surface area (Å²) < 4.78 is 0. The molecule has 2 saturated carbocycles. The predicted octanol–water partition coefficient (Wildman–Crippen LogP) is 0.553. The summed E-state index contributed by atoms with van der Waals surface area (Å²) in [6, 6.07) is 0.286. The number of carbonyl (C=O) groups is 2. The molecule has 110 valence electrons. The smallest absolute Gasteiger partial charge is 0.223 e. The van der Waals surface area contributed by atoms with Crippen LogP contribution in [-0.2, 0) is 9.59 Å². The van der Waals surface area contributed by atoms with Gasteiger partial charge in [-0.1, -0.05) is 6.42 Å². The van der Waals surface area contributed by atoms with Crippen LogP contribution in [0.15, 0.2) is 0 Å². The highest BCUT2D eigenvalue weighted by Crippen LogP contribution is 2.41. The van der Waals surface area contributed by atoms with Gasteiger partial charge in [-0.3, -0.25) is 9.59 Å². The van der Waals surface area contributed by atoms with Gasteiger partial charge < -0.3 is 16.8 Å². The van der Waals surface area contributed by atoms with Crippen molar-refractivity contribution >= 4 is 24.2 Å². The Morgan fingerprint density at radius 2 is 1.74 bits per heavy atom. The van der Waals surface area contributed by atoms with Crippen LogP contribution in [0.5, 0.6) is 0 Å². The summed E-state index contributed by atoms with van der Waals surface area (Å²) in [5, 5.41) is 2.81. The van der Waals surface area contributed by atoms with Gasteiger partial charge in [0.15, 0.2) is 0 Å². The first-order chi connectivity index (χ1) is 8.58. The molecule has 6 heteroatoms. The van der Waals surface area contributed by atoms with Gasteiger partial charge in [0.25, 0.3) is 0 Å². The molecule has 0 heterocycles. The molecular formula is C13H24ClN3O2. The second-order valence-electron chi connectivity index (χ2n) is 5.70. The maximum atomic E-state index is 12.0. The summed E-state index contributed by atoms with van der Waals surface area (Å²) in [5.74, 6) is 0.777. The molecule has 0 aromatic carbocycles. The Balaban J connectivity index is 0.00000180. The van der Waals surface area contributed by atoms with Crippen molar-refractivity contribution in [3.8, 4) is 0 Å². The fraction of sp³-hybridized carbons (Fsp3) is 0.846. The van der Waals surface area contributed by atoms with E-state index in [2.05, 4.69) is 5.32 Å². The van der Waals surface area contributed by atoms with Gasteiger partial charge in [0.05, 0.1) is 0 Å².